The lowest BCUT2D eigenvalue weighted by molar-refractivity contribution is -0.133. The number of ether oxygens (including phenoxy) is 1. The number of carboxylic acid groups (broad SMARTS) is 1. The van der Waals surface area contributed by atoms with Gasteiger partial charge >= 0.3 is 5.97 Å². The Morgan fingerprint density at radius 2 is 1.88 bits per heavy atom. The zero-order chi connectivity index (χ0) is 18.9. The van der Waals surface area contributed by atoms with Gasteiger partial charge in [0.2, 0.25) is 15.9 Å². The third-order valence-corrected chi connectivity index (χ3v) is 4.75. The van der Waals surface area contributed by atoms with Crippen LogP contribution in [0.3, 0.4) is 0 Å². The quantitative estimate of drug-likeness (QED) is 0.485. The molecule has 0 aliphatic carbocycles. The van der Waals surface area contributed by atoms with E-state index < -0.39 is 27.7 Å². The summed E-state index contributed by atoms with van der Waals surface area (Å²) in [5.41, 5.74) is 0.334. The average Bonchev–Trinajstić information content (AvgIpc) is 2.47. The molecular weight excluding hydrogens is 368 g/mol. The van der Waals surface area contributed by atoms with Crippen molar-refractivity contribution in [3.05, 3.63) is 24.3 Å². The van der Waals surface area contributed by atoms with Gasteiger partial charge in [-0.1, -0.05) is 0 Å². The molecule has 8 nitrogen and oxygen atoms in total. The lowest BCUT2D eigenvalue weighted by atomic mass is 10.3. The molecule has 0 aromatic heterocycles. The SMILES string of the molecule is CC(C)Oc1ccc(NS(=O)(=O)CC(=O)NCCSCC(=O)O)cc1. The molecule has 0 saturated heterocycles. The van der Waals surface area contributed by atoms with Crippen molar-refractivity contribution in [1.82, 2.24) is 5.32 Å². The minimum Gasteiger partial charge on any atom is -0.491 e. The van der Waals surface area contributed by atoms with E-state index in [0.29, 0.717) is 17.2 Å². The van der Waals surface area contributed by atoms with Crippen molar-refractivity contribution >= 4 is 39.3 Å². The lowest BCUT2D eigenvalue weighted by Crippen LogP contribution is -2.34. The predicted molar refractivity (Wildman–Crippen MR) is 97.6 cm³/mol. The van der Waals surface area contributed by atoms with Crippen LogP contribution in [0, 0.1) is 0 Å². The number of amides is 1. The van der Waals surface area contributed by atoms with Crippen molar-refractivity contribution in [2.24, 2.45) is 0 Å². The highest BCUT2D eigenvalue weighted by Gasteiger charge is 2.16. The monoisotopic (exact) mass is 390 g/mol. The van der Waals surface area contributed by atoms with Gasteiger partial charge in [0.15, 0.2) is 0 Å². The fourth-order valence-electron chi connectivity index (χ4n) is 1.74. The molecule has 1 rings (SSSR count). The third-order valence-electron chi connectivity index (χ3n) is 2.61. The van der Waals surface area contributed by atoms with Gasteiger partial charge in [0, 0.05) is 18.0 Å². The van der Waals surface area contributed by atoms with Gasteiger partial charge in [-0.15, -0.1) is 11.8 Å². The van der Waals surface area contributed by atoms with Crippen LogP contribution in [0.2, 0.25) is 0 Å². The number of aliphatic carboxylic acids is 1. The van der Waals surface area contributed by atoms with Gasteiger partial charge in [-0.05, 0) is 38.1 Å². The summed E-state index contributed by atoms with van der Waals surface area (Å²) in [7, 11) is -3.83. The van der Waals surface area contributed by atoms with Crippen LogP contribution in [0.25, 0.3) is 0 Å². The Balaban J connectivity index is 2.41. The number of thioether (sulfide) groups is 1. The topological polar surface area (TPSA) is 122 Å². The second-order valence-corrected chi connectivity index (χ2v) is 8.18. The molecule has 0 spiro atoms. The Kier molecular flexibility index (Phi) is 8.56. The minimum atomic E-state index is -3.83. The maximum Gasteiger partial charge on any atom is 0.313 e. The molecule has 0 saturated carbocycles. The number of benzene rings is 1. The predicted octanol–water partition coefficient (Wildman–Crippen LogP) is 1.15. The van der Waals surface area contributed by atoms with E-state index in [4.69, 9.17) is 9.84 Å². The van der Waals surface area contributed by atoms with Crippen molar-refractivity contribution in [3.63, 3.8) is 0 Å². The van der Waals surface area contributed by atoms with Gasteiger partial charge in [0.25, 0.3) is 0 Å². The summed E-state index contributed by atoms with van der Waals surface area (Å²) < 4.78 is 31.7. The molecule has 1 aromatic rings. The molecule has 10 heteroatoms. The number of hydrogen-bond donors (Lipinski definition) is 3. The van der Waals surface area contributed by atoms with E-state index in [1.807, 2.05) is 13.8 Å². The normalized spacial score (nSPS) is 11.2. The zero-order valence-electron chi connectivity index (χ0n) is 14.0. The molecule has 3 N–H and O–H groups in total. The molecule has 0 unspecified atom stereocenters. The van der Waals surface area contributed by atoms with Gasteiger partial charge in [-0.2, -0.15) is 0 Å². The number of carbonyl (C=O) groups excluding carboxylic acids is 1. The van der Waals surface area contributed by atoms with Crippen LogP contribution < -0.4 is 14.8 Å². The molecule has 0 heterocycles. The Hall–Kier alpha value is -1.94. The standard InChI is InChI=1S/C15H22N2O6S2/c1-11(2)23-13-5-3-12(4-6-13)17-25(21,22)10-14(18)16-7-8-24-9-15(19)20/h3-6,11,17H,7-10H2,1-2H3,(H,16,18)(H,19,20). The van der Waals surface area contributed by atoms with Crippen LogP contribution in [0.15, 0.2) is 24.3 Å². The van der Waals surface area contributed by atoms with Crippen molar-refractivity contribution in [1.29, 1.82) is 0 Å². The summed E-state index contributed by atoms with van der Waals surface area (Å²) in [5.74, 6) is -1.35. The number of nitrogens with one attached hydrogen (secondary N) is 2. The first kappa shape index (κ1) is 21.1. The molecule has 1 aromatic carbocycles. The number of anilines is 1. The van der Waals surface area contributed by atoms with Gasteiger partial charge in [0.1, 0.15) is 11.5 Å². The molecule has 140 valence electrons. The van der Waals surface area contributed by atoms with Crippen LogP contribution in [0.5, 0.6) is 5.75 Å². The molecule has 0 radical (unpaired) electrons. The van der Waals surface area contributed by atoms with Crippen LogP contribution in [0.1, 0.15) is 13.8 Å². The summed E-state index contributed by atoms with van der Waals surface area (Å²) in [6, 6.07) is 6.38. The maximum atomic E-state index is 12.0. The molecule has 1 amide bonds. The fourth-order valence-corrected chi connectivity index (χ4v) is 3.32. The van der Waals surface area contributed by atoms with E-state index in [9.17, 15) is 18.0 Å². The van der Waals surface area contributed by atoms with E-state index in [-0.39, 0.29) is 18.4 Å². The molecule has 0 fully saturated rings. The van der Waals surface area contributed by atoms with Crippen LogP contribution in [-0.4, -0.2) is 55.3 Å². The first-order chi connectivity index (χ1) is 11.7. The van der Waals surface area contributed by atoms with E-state index in [1.165, 1.54) is 0 Å². The van der Waals surface area contributed by atoms with Crippen LogP contribution in [-0.2, 0) is 19.6 Å². The first-order valence-electron chi connectivity index (χ1n) is 7.51. The van der Waals surface area contributed by atoms with E-state index >= 15 is 0 Å². The summed E-state index contributed by atoms with van der Waals surface area (Å²) >= 11 is 1.14. The van der Waals surface area contributed by atoms with Crippen molar-refractivity contribution in [3.8, 4) is 5.75 Å². The number of carbonyl (C=O) groups is 2. The minimum absolute atomic E-state index is 0.0138. The summed E-state index contributed by atoms with van der Waals surface area (Å²) in [6.07, 6.45) is 0.0138. The highest BCUT2D eigenvalue weighted by molar-refractivity contribution is 7.99. The van der Waals surface area contributed by atoms with Crippen molar-refractivity contribution in [2.45, 2.75) is 20.0 Å². The summed E-state index contributed by atoms with van der Waals surface area (Å²) in [6.45, 7) is 3.97. The maximum absolute atomic E-state index is 12.0. The molecule has 0 aliphatic rings. The molecule has 0 aliphatic heterocycles. The van der Waals surface area contributed by atoms with Crippen molar-refractivity contribution in [2.75, 3.05) is 28.5 Å². The second-order valence-electron chi connectivity index (χ2n) is 5.35. The Morgan fingerprint density at radius 3 is 2.44 bits per heavy atom. The average molecular weight is 390 g/mol. The van der Waals surface area contributed by atoms with E-state index in [1.54, 1.807) is 24.3 Å². The van der Waals surface area contributed by atoms with Gasteiger partial charge in [-0.25, -0.2) is 8.42 Å². The zero-order valence-corrected chi connectivity index (χ0v) is 15.7. The van der Waals surface area contributed by atoms with Gasteiger partial charge in [0.05, 0.1) is 11.9 Å². The van der Waals surface area contributed by atoms with Crippen LogP contribution >= 0.6 is 11.8 Å². The number of hydrogen-bond acceptors (Lipinski definition) is 6. The smallest absolute Gasteiger partial charge is 0.313 e. The van der Waals surface area contributed by atoms with E-state index in [0.717, 1.165) is 11.8 Å². The van der Waals surface area contributed by atoms with Gasteiger partial charge in [-0.3, -0.25) is 14.3 Å². The number of sulfonamides is 1. The molecule has 0 atom stereocenters. The second kappa shape index (κ2) is 10.1. The lowest BCUT2D eigenvalue weighted by Gasteiger charge is -2.11. The van der Waals surface area contributed by atoms with Crippen LogP contribution in [0.4, 0.5) is 5.69 Å². The largest absolute Gasteiger partial charge is 0.491 e. The highest BCUT2D eigenvalue weighted by Crippen LogP contribution is 2.17. The Morgan fingerprint density at radius 1 is 1.24 bits per heavy atom. The Bertz CT molecular complexity index is 674. The summed E-state index contributed by atoms with van der Waals surface area (Å²) in [5, 5.41) is 10.9. The fraction of sp³-hybridized carbons (Fsp3) is 0.467. The van der Waals surface area contributed by atoms with E-state index in [2.05, 4.69) is 10.0 Å². The van der Waals surface area contributed by atoms with Gasteiger partial charge < -0.3 is 15.2 Å². The Labute approximate surface area is 151 Å². The highest BCUT2D eigenvalue weighted by atomic mass is 32.2. The summed E-state index contributed by atoms with van der Waals surface area (Å²) in [4.78, 5) is 22.0. The number of rotatable bonds is 11. The third kappa shape index (κ3) is 9.82. The molecule has 25 heavy (non-hydrogen) atoms. The van der Waals surface area contributed by atoms with Crippen molar-refractivity contribution < 1.29 is 27.9 Å². The molecule has 0 bridgehead atoms. The molecular formula is C15H22N2O6S2. The number of carboxylic acids is 1. The first-order valence-corrected chi connectivity index (χ1v) is 10.3.